The third kappa shape index (κ3) is 5.66. The summed E-state index contributed by atoms with van der Waals surface area (Å²) >= 11 is 0. The highest BCUT2D eigenvalue weighted by Crippen LogP contribution is 2.26. The number of nitrogens with zero attached hydrogens (tertiary/aromatic N) is 4. The minimum atomic E-state index is -0.0708. The molecule has 2 aliphatic rings. The van der Waals surface area contributed by atoms with E-state index in [9.17, 15) is 0 Å². The van der Waals surface area contributed by atoms with E-state index >= 15 is 0 Å². The molecule has 3 heterocycles. The van der Waals surface area contributed by atoms with Crippen molar-refractivity contribution < 1.29 is 4.74 Å². The van der Waals surface area contributed by atoms with Gasteiger partial charge >= 0.3 is 0 Å². The number of ether oxygens (including phenoxy) is 1. The largest absolute Gasteiger partial charge is 0.381 e. The minimum absolute atomic E-state index is 0.0708. The van der Waals surface area contributed by atoms with Gasteiger partial charge in [-0.1, -0.05) is 30.3 Å². The van der Waals surface area contributed by atoms with Crippen LogP contribution in [-0.2, 0) is 17.7 Å². The number of aromatic nitrogens is 3. The fourth-order valence-electron chi connectivity index (χ4n) is 4.69. The molecular weight excluding hydrogens is 402 g/mol. The number of aliphatic imine (C=N–C) groups is 1. The van der Waals surface area contributed by atoms with E-state index in [-0.39, 0.29) is 11.6 Å². The van der Waals surface area contributed by atoms with Crippen LogP contribution in [-0.4, -0.2) is 58.6 Å². The Kier molecular flexibility index (Phi) is 7.42. The Balaban J connectivity index is 1.44. The van der Waals surface area contributed by atoms with E-state index < -0.39 is 0 Å². The Morgan fingerprint density at radius 1 is 1.28 bits per heavy atom. The Morgan fingerprint density at radius 2 is 2.06 bits per heavy atom. The molecule has 8 heteroatoms. The molecule has 2 aromatic rings. The molecule has 4 rings (SSSR count). The number of hydrogen-bond acceptors (Lipinski definition) is 5. The molecule has 0 radical (unpaired) electrons. The van der Waals surface area contributed by atoms with Crippen molar-refractivity contribution >= 4 is 5.96 Å². The lowest BCUT2D eigenvalue weighted by Crippen LogP contribution is -2.54. The Bertz CT molecular complexity index is 889. The van der Waals surface area contributed by atoms with Gasteiger partial charge in [0.2, 0.25) is 0 Å². The molecule has 0 amide bonds. The van der Waals surface area contributed by atoms with Gasteiger partial charge in [-0.2, -0.15) is 5.10 Å². The van der Waals surface area contributed by atoms with Gasteiger partial charge in [0, 0.05) is 43.8 Å². The smallest absolute Gasteiger partial charge is 0.191 e. The van der Waals surface area contributed by atoms with Crippen molar-refractivity contribution in [2.45, 2.75) is 70.6 Å². The molecule has 8 nitrogen and oxygen atoms in total. The zero-order valence-electron chi connectivity index (χ0n) is 19.6. The number of hydrogen-bond donors (Lipinski definition) is 3. The Morgan fingerprint density at radius 3 is 2.81 bits per heavy atom. The number of fused-ring (bicyclic) bond motifs is 1. The summed E-state index contributed by atoms with van der Waals surface area (Å²) in [5.74, 6) is 2.81. The van der Waals surface area contributed by atoms with Crippen molar-refractivity contribution in [1.82, 2.24) is 30.7 Å². The number of rotatable bonds is 7. The van der Waals surface area contributed by atoms with Crippen molar-refractivity contribution in [2.24, 2.45) is 4.99 Å². The van der Waals surface area contributed by atoms with Crippen molar-refractivity contribution in [3.8, 4) is 0 Å². The summed E-state index contributed by atoms with van der Waals surface area (Å²) in [6.45, 7) is 10.2. The molecule has 0 spiro atoms. The summed E-state index contributed by atoms with van der Waals surface area (Å²) in [4.78, 5) is 9.56. The monoisotopic (exact) mass is 439 g/mol. The van der Waals surface area contributed by atoms with E-state index in [0.717, 1.165) is 69.6 Å². The number of nitrogens with one attached hydrogen (secondary N) is 3. The summed E-state index contributed by atoms with van der Waals surface area (Å²) in [5, 5.41) is 15.5. The molecule has 174 valence electrons. The average molecular weight is 440 g/mol. The third-order valence-corrected chi connectivity index (χ3v) is 6.46. The fourth-order valence-corrected chi connectivity index (χ4v) is 4.69. The van der Waals surface area contributed by atoms with Crippen LogP contribution in [0.2, 0.25) is 0 Å². The quantitative estimate of drug-likeness (QED) is 0.453. The number of benzene rings is 1. The van der Waals surface area contributed by atoms with Gasteiger partial charge in [-0.15, -0.1) is 0 Å². The Labute approximate surface area is 191 Å². The molecule has 1 aromatic carbocycles. The Hall–Kier alpha value is -2.45. The van der Waals surface area contributed by atoms with E-state index in [1.807, 2.05) is 11.6 Å². The second-order valence-corrected chi connectivity index (χ2v) is 9.00. The molecule has 2 aliphatic heterocycles. The lowest BCUT2D eigenvalue weighted by molar-refractivity contribution is 0.0374. The van der Waals surface area contributed by atoms with Crippen LogP contribution < -0.4 is 16.0 Å². The van der Waals surface area contributed by atoms with Crippen molar-refractivity contribution in [3.63, 3.8) is 0 Å². The number of aryl methyl sites for hydroxylation is 2. The first-order valence-corrected chi connectivity index (χ1v) is 11.9. The molecule has 3 N–H and O–H groups in total. The highest BCUT2D eigenvalue weighted by atomic mass is 16.5. The summed E-state index contributed by atoms with van der Waals surface area (Å²) in [7, 11) is 0. The van der Waals surface area contributed by atoms with Gasteiger partial charge in [0.05, 0.1) is 13.1 Å². The molecule has 1 aromatic heterocycles. The first-order chi connectivity index (χ1) is 15.6. The third-order valence-electron chi connectivity index (χ3n) is 6.46. The van der Waals surface area contributed by atoms with E-state index in [1.54, 1.807) is 0 Å². The SMILES string of the molecule is CCNC(=NCC1(NC(C)c2ccccc2)CCOCC1)NC1CCc2nc(C)nn2C1. The second kappa shape index (κ2) is 10.4. The van der Waals surface area contributed by atoms with Crippen molar-refractivity contribution in [1.29, 1.82) is 0 Å². The maximum Gasteiger partial charge on any atom is 0.191 e. The molecular formula is C24H37N7O. The molecule has 1 fully saturated rings. The molecule has 1 saturated heterocycles. The zero-order chi connectivity index (χ0) is 22.4. The van der Waals surface area contributed by atoms with Crippen LogP contribution in [0.4, 0.5) is 0 Å². The van der Waals surface area contributed by atoms with Crippen molar-refractivity contribution in [2.75, 3.05) is 26.3 Å². The maximum absolute atomic E-state index is 5.69. The number of guanidine groups is 1. The van der Waals surface area contributed by atoms with Crippen LogP contribution in [0, 0.1) is 6.92 Å². The maximum atomic E-state index is 5.69. The second-order valence-electron chi connectivity index (χ2n) is 9.00. The standard InChI is InChI=1S/C24H37N7O/c1-4-25-23(28-21-10-11-22-27-19(3)30-31(22)16-21)26-17-24(12-14-32-15-13-24)29-18(2)20-8-6-5-7-9-20/h5-9,18,21,29H,4,10-17H2,1-3H3,(H2,25,26,28). The molecule has 2 atom stereocenters. The van der Waals surface area contributed by atoms with Gasteiger partial charge in [-0.25, -0.2) is 9.67 Å². The minimum Gasteiger partial charge on any atom is -0.381 e. The summed E-state index contributed by atoms with van der Waals surface area (Å²) in [6, 6.07) is 11.2. The lowest BCUT2D eigenvalue weighted by Gasteiger charge is -2.39. The molecule has 0 saturated carbocycles. The first kappa shape index (κ1) is 22.7. The predicted octanol–water partition coefficient (Wildman–Crippen LogP) is 2.36. The van der Waals surface area contributed by atoms with Crippen LogP contribution in [0.15, 0.2) is 35.3 Å². The van der Waals surface area contributed by atoms with E-state index in [4.69, 9.17) is 9.73 Å². The van der Waals surface area contributed by atoms with Gasteiger partial charge in [-0.05, 0) is 45.6 Å². The summed E-state index contributed by atoms with van der Waals surface area (Å²) in [5.41, 5.74) is 1.23. The first-order valence-electron chi connectivity index (χ1n) is 11.9. The van der Waals surface area contributed by atoms with E-state index in [0.29, 0.717) is 12.6 Å². The highest BCUT2D eigenvalue weighted by molar-refractivity contribution is 5.80. The van der Waals surface area contributed by atoms with Crippen LogP contribution in [0.1, 0.15) is 56.4 Å². The van der Waals surface area contributed by atoms with Crippen LogP contribution >= 0.6 is 0 Å². The zero-order valence-corrected chi connectivity index (χ0v) is 19.6. The van der Waals surface area contributed by atoms with Gasteiger partial charge in [0.1, 0.15) is 11.6 Å². The molecule has 32 heavy (non-hydrogen) atoms. The normalized spacial score (nSPS) is 21.6. The van der Waals surface area contributed by atoms with Crippen LogP contribution in [0.25, 0.3) is 0 Å². The van der Waals surface area contributed by atoms with Gasteiger partial charge in [0.15, 0.2) is 5.96 Å². The average Bonchev–Trinajstić information content (AvgIpc) is 3.18. The lowest BCUT2D eigenvalue weighted by atomic mass is 9.88. The van der Waals surface area contributed by atoms with E-state index in [2.05, 4.69) is 70.2 Å². The van der Waals surface area contributed by atoms with Crippen molar-refractivity contribution in [3.05, 3.63) is 47.5 Å². The highest BCUT2D eigenvalue weighted by Gasteiger charge is 2.34. The molecule has 0 aliphatic carbocycles. The van der Waals surface area contributed by atoms with Gasteiger partial charge < -0.3 is 20.7 Å². The van der Waals surface area contributed by atoms with Gasteiger partial charge in [0.25, 0.3) is 0 Å². The van der Waals surface area contributed by atoms with E-state index in [1.165, 1.54) is 5.56 Å². The van der Waals surface area contributed by atoms with Gasteiger partial charge in [-0.3, -0.25) is 4.99 Å². The van der Waals surface area contributed by atoms with Crippen LogP contribution in [0.5, 0.6) is 0 Å². The summed E-state index contributed by atoms with van der Waals surface area (Å²) < 4.78 is 7.72. The molecule has 0 bridgehead atoms. The fraction of sp³-hybridized carbons (Fsp3) is 0.625. The topological polar surface area (TPSA) is 88.4 Å². The summed E-state index contributed by atoms with van der Waals surface area (Å²) in [6.07, 6.45) is 3.89. The predicted molar refractivity (Wildman–Crippen MR) is 127 cm³/mol. The molecule has 2 unspecified atom stereocenters. The van der Waals surface area contributed by atoms with Crippen LogP contribution in [0.3, 0.4) is 0 Å².